The molecule has 33 heavy (non-hydrogen) atoms. The summed E-state index contributed by atoms with van der Waals surface area (Å²) < 4.78 is 13.7. The van der Waals surface area contributed by atoms with Crippen molar-refractivity contribution in [1.29, 1.82) is 0 Å². The van der Waals surface area contributed by atoms with Crippen LogP contribution in [0.3, 0.4) is 0 Å². The second kappa shape index (κ2) is 9.94. The molecular weight excluding hydrogens is 417 g/mol. The highest BCUT2D eigenvalue weighted by atomic mass is 19.1. The van der Waals surface area contributed by atoms with Crippen LogP contribution >= 0.6 is 0 Å². The summed E-state index contributed by atoms with van der Waals surface area (Å²) in [5.41, 5.74) is 2.32. The van der Waals surface area contributed by atoms with Crippen LogP contribution in [0.5, 0.6) is 0 Å². The van der Waals surface area contributed by atoms with Crippen LogP contribution in [0.1, 0.15) is 35.8 Å². The predicted molar refractivity (Wildman–Crippen MR) is 126 cm³/mol. The van der Waals surface area contributed by atoms with Gasteiger partial charge in [0.2, 0.25) is 5.91 Å². The first-order valence-electron chi connectivity index (χ1n) is 11.3. The summed E-state index contributed by atoms with van der Waals surface area (Å²) in [6.45, 7) is 3.35. The lowest BCUT2D eigenvalue weighted by molar-refractivity contribution is -0.133. The molecule has 1 aliphatic rings. The van der Waals surface area contributed by atoms with Gasteiger partial charge in [0, 0.05) is 25.8 Å². The Hall–Kier alpha value is -3.54. The Balaban J connectivity index is 1.63. The lowest BCUT2D eigenvalue weighted by Gasteiger charge is -2.41. The van der Waals surface area contributed by atoms with E-state index in [0.29, 0.717) is 38.2 Å². The van der Waals surface area contributed by atoms with Gasteiger partial charge in [-0.15, -0.1) is 0 Å². The van der Waals surface area contributed by atoms with Crippen molar-refractivity contribution in [1.82, 2.24) is 15.2 Å². The number of carbonyl (C=O) groups excluding carboxylic acids is 2. The molecule has 0 aliphatic carbocycles. The fraction of sp³-hybridized carbons (Fsp3) is 0.296. The lowest BCUT2D eigenvalue weighted by Crippen LogP contribution is -2.54. The molecule has 1 aromatic heterocycles. The van der Waals surface area contributed by atoms with E-state index in [1.165, 1.54) is 12.1 Å². The van der Waals surface area contributed by atoms with Crippen LogP contribution in [0.4, 0.5) is 4.39 Å². The average molecular weight is 446 g/mol. The van der Waals surface area contributed by atoms with Crippen molar-refractivity contribution in [2.75, 3.05) is 19.6 Å². The van der Waals surface area contributed by atoms with Crippen molar-refractivity contribution in [3.05, 3.63) is 90.0 Å². The highest BCUT2D eigenvalue weighted by Crippen LogP contribution is 2.36. The van der Waals surface area contributed by atoms with Gasteiger partial charge in [0.1, 0.15) is 11.5 Å². The molecule has 0 spiro atoms. The van der Waals surface area contributed by atoms with Crippen LogP contribution in [-0.2, 0) is 11.2 Å². The van der Waals surface area contributed by atoms with Crippen molar-refractivity contribution in [3.63, 3.8) is 0 Å². The Labute approximate surface area is 193 Å². The van der Waals surface area contributed by atoms with Crippen molar-refractivity contribution in [3.8, 4) is 11.1 Å². The fourth-order valence-corrected chi connectivity index (χ4v) is 4.63. The third-order valence-corrected chi connectivity index (χ3v) is 6.19. The highest BCUT2D eigenvalue weighted by Gasteiger charge is 2.43. The maximum atomic E-state index is 13.7. The van der Waals surface area contributed by atoms with Gasteiger partial charge in [-0.1, -0.05) is 42.5 Å². The van der Waals surface area contributed by atoms with Crippen LogP contribution in [-0.4, -0.2) is 41.3 Å². The molecule has 5 nitrogen and oxygen atoms in total. The molecule has 3 aromatic rings. The Morgan fingerprint density at radius 3 is 2.58 bits per heavy atom. The molecule has 0 saturated carbocycles. The first kappa shape index (κ1) is 22.6. The molecule has 2 amide bonds. The van der Waals surface area contributed by atoms with Crippen molar-refractivity contribution >= 4 is 11.8 Å². The molecule has 0 bridgehead atoms. The molecule has 2 heterocycles. The summed E-state index contributed by atoms with van der Waals surface area (Å²) in [5, 5.41) is 2.99. The summed E-state index contributed by atoms with van der Waals surface area (Å²) in [7, 11) is 0. The normalized spacial score (nSPS) is 18.1. The van der Waals surface area contributed by atoms with Crippen molar-refractivity contribution in [2.24, 2.45) is 5.41 Å². The van der Waals surface area contributed by atoms with Gasteiger partial charge in [0.05, 0.1) is 5.41 Å². The van der Waals surface area contributed by atoms with Crippen LogP contribution in [0.2, 0.25) is 0 Å². The van der Waals surface area contributed by atoms with E-state index in [2.05, 4.69) is 10.3 Å². The third-order valence-electron chi connectivity index (χ3n) is 6.19. The van der Waals surface area contributed by atoms with E-state index < -0.39 is 5.41 Å². The van der Waals surface area contributed by atoms with Gasteiger partial charge in [-0.3, -0.25) is 14.6 Å². The largest absolute Gasteiger partial charge is 0.356 e. The monoisotopic (exact) mass is 445 g/mol. The Kier molecular flexibility index (Phi) is 6.82. The van der Waals surface area contributed by atoms with Gasteiger partial charge < -0.3 is 10.2 Å². The van der Waals surface area contributed by atoms with E-state index in [1.807, 2.05) is 37.3 Å². The van der Waals surface area contributed by atoms with Crippen LogP contribution in [0, 0.1) is 11.2 Å². The number of pyridine rings is 1. The van der Waals surface area contributed by atoms with Crippen molar-refractivity contribution in [2.45, 2.75) is 26.2 Å². The zero-order valence-electron chi connectivity index (χ0n) is 18.8. The lowest BCUT2D eigenvalue weighted by atomic mass is 9.74. The van der Waals surface area contributed by atoms with Gasteiger partial charge in [-0.25, -0.2) is 4.39 Å². The summed E-state index contributed by atoms with van der Waals surface area (Å²) in [6, 6.07) is 19.6. The number of likely N-dealkylation sites (tertiary alicyclic amines) is 1. The van der Waals surface area contributed by atoms with Gasteiger partial charge >= 0.3 is 0 Å². The van der Waals surface area contributed by atoms with Crippen LogP contribution in [0.15, 0.2) is 72.9 Å². The highest BCUT2D eigenvalue weighted by molar-refractivity contribution is 5.93. The molecule has 1 aliphatic heterocycles. The molecule has 6 heteroatoms. The maximum absolute atomic E-state index is 13.7. The Bertz CT molecular complexity index is 1130. The summed E-state index contributed by atoms with van der Waals surface area (Å²) in [6.07, 6.45) is 3.52. The topological polar surface area (TPSA) is 62.3 Å². The minimum Gasteiger partial charge on any atom is -0.356 e. The summed E-state index contributed by atoms with van der Waals surface area (Å²) >= 11 is 0. The van der Waals surface area contributed by atoms with E-state index in [0.717, 1.165) is 23.1 Å². The van der Waals surface area contributed by atoms with E-state index >= 15 is 0 Å². The first-order chi connectivity index (χ1) is 16.0. The second-order valence-corrected chi connectivity index (χ2v) is 8.57. The molecule has 170 valence electrons. The first-order valence-corrected chi connectivity index (χ1v) is 11.3. The number of nitrogens with one attached hydrogen (secondary N) is 1. The maximum Gasteiger partial charge on any atom is 0.272 e. The van der Waals surface area contributed by atoms with Gasteiger partial charge in [-0.2, -0.15) is 0 Å². The van der Waals surface area contributed by atoms with E-state index in [1.54, 1.807) is 35.4 Å². The fourth-order valence-electron chi connectivity index (χ4n) is 4.63. The Morgan fingerprint density at radius 2 is 1.85 bits per heavy atom. The van der Waals surface area contributed by atoms with E-state index in [9.17, 15) is 14.0 Å². The summed E-state index contributed by atoms with van der Waals surface area (Å²) in [4.78, 5) is 32.3. The number of nitrogens with zero attached hydrogens (tertiary/aromatic N) is 2. The minimum atomic E-state index is -0.737. The number of piperidine rings is 1. The smallest absolute Gasteiger partial charge is 0.272 e. The number of benzene rings is 2. The minimum absolute atomic E-state index is 0.0420. The van der Waals surface area contributed by atoms with Crippen molar-refractivity contribution < 1.29 is 14.0 Å². The molecule has 4 rings (SSSR count). The molecule has 1 fully saturated rings. The van der Waals surface area contributed by atoms with Crippen LogP contribution < -0.4 is 5.32 Å². The van der Waals surface area contributed by atoms with Crippen LogP contribution in [0.25, 0.3) is 11.1 Å². The molecule has 1 atom stereocenters. The predicted octanol–water partition coefficient (Wildman–Crippen LogP) is 4.49. The number of carbonyl (C=O) groups is 2. The molecule has 2 aromatic carbocycles. The molecular formula is C27H28FN3O2. The zero-order chi connectivity index (χ0) is 23.3. The van der Waals surface area contributed by atoms with E-state index in [-0.39, 0.29) is 17.6 Å². The quantitative estimate of drug-likeness (QED) is 0.608. The molecule has 0 unspecified atom stereocenters. The Morgan fingerprint density at radius 1 is 1.06 bits per heavy atom. The average Bonchev–Trinajstić information content (AvgIpc) is 2.84. The number of hydrogen-bond donors (Lipinski definition) is 1. The standard InChI is InChI=1S/C27H28FN3O2/c1-2-29-26(33)27(13-7-15-31(19-27)25(32)24-12-3-4-14-30-24)18-20-8-5-9-21(16-20)22-10-6-11-23(28)17-22/h3-6,8-12,14,16-17H,2,7,13,15,18-19H2,1H3,(H,29,33)/t27-/m0/s1. The third kappa shape index (κ3) is 5.11. The summed E-state index contributed by atoms with van der Waals surface area (Å²) in [5.74, 6) is -0.482. The van der Waals surface area contributed by atoms with Gasteiger partial charge in [0.15, 0.2) is 0 Å². The second-order valence-electron chi connectivity index (χ2n) is 8.57. The number of hydrogen-bond acceptors (Lipinski definition) is 3. The van der Waals surface area contributed by atoms with Gasteiger partial charge in [-0.05, 0) is 67.1 Å². The number of halogens is 1. The van der Waals surface area contributed by atoms with Gasteiger partial charge in [0.25, 0.3) is 5.91 Å². The zero-order valence-corrected chi connectivity index (χ0v) is 18.8. The van der Waals surface area contributed by atoms with E-state index in [4.69, 9.17) is 0 Å². The molecule has 0 radical (unpaired) electrons. The SMILES string of the molecule is CCNC(=O)[C@]1(Cc2cccc(-c3cccc(F)c3)c2)CCCN(C(=O)c2ccccn2)C1. The molecule has 1 saturated heterocycles. The number of rotatable bonds is 6. The number of amides is 2. The number of aromatic nitrogens is 1. The molecule has 1 N–H and O–H groups in total.